The number of hydrogen-bond acceptors (Lipinski definition) is 9. The van der Waals surface area contributed by atoms with Crippen LogP contribution in [0.2, 0.25) is 0 Å². The monoisotopic (exact) mass is 610 g/mol. The number of carboxylic acids is 2. The number of aliphatic carboxylic acids is 2. The molecule has 4 atom stereocenters. The number of nitrogens with one attached hydrogen (secondary N) is 2. The highest BCUT2D eigenvalue weighted by Crippen LogP contribution is 2.60. The van der Waals surface area contributed by atoms with Gasteiger partial charge in [0.1, 0.15) is 17.2 Å². The number of hydrogen-bond donors (Lipinski definition) is 4. The van der Waals surface area contributed by atoms with Gasteiger partial charge in [0.25, 0.3) is 11.4 Å². The summed E-state index contributed by atoms with van der Waals surface area (Å²) in [4.78, 5) is 63.1. The van der Waals surface area contributed by atoms with Crippen molar-refractivity contribution in [2.45, 2.75) is 76.0 Å². The summed E-state index contributed by atoms with van der Waals surface area (Å²) in [7, 11) is 3.10. The number of Topliss-reactive ketones (excluding diaryl/α,β-unsaturated/α-hetero) is 1. The van der Waals surface area contributed by atoms with Crippen LogP contribution in [0.15, 0.2) is 36.4 Å². The second-order valence-electron chi connectivity index (χ2n) is 11.9. The van der Waals surface area contributed by atoms with E-state index in [1.54, 1.807) is 26.2 Å². The lowest BCUT2D eigenvalue weighted by atomic mass is 9.49. The molecule has 2 aromatic rings. The molecule has 2 fully saturated rings. The minimum Gasteiger partial charge on any atom is -0.481 e. The maximum Gasteiger partial charge on any atom is 0.304 e. The molecule has 44 heavy (non-hydrogen) atoms. The molecule has 2 aromatic carbocycles. The van der Waals surface area contributed by atoms with Gasteiger partial charge in [0.15, 0.2) is 0 Å². The summed E-state index contributed by atoms with van der Waals surface area (Å²) >= 11 is 0. The number of carbonyl (C=O) groups is 3. The molecule has 2 aliphatic carbocycles. The van der Waals surface area contributed by atoms with Crippen molar-refractivity contribution < 1.29 is 34.4 Å². The molecular formula is C31H38N4O9. The van der Waals surface area contributed by atoms with Gasteiger partial charge in [-0.25, -0.2) is 0 Å². The summed E-state index contributed by atoms with van der Waals surface area (Å²) in [6.45, 7) is 0. The Morgan fingerprint density at radius 3 is 1.45 bits per heavy atom. The van der Waals surface area contributed by atoms with E-state index in [9.17, 15) is 40.0 Å². The van der Waals surface area contributed by atoms with Gasteiger partial charge in [-0.15, -0.1) is 0 Å². The van der Waals surface area contributed by atoms with Crippen LogP contribution in [0.25, 0.3) is 0 Å². The fourth-order valence-corrected chi connectivity index (χ4v) is 7.87. The van der Waals surface area contributed by atoms with Crippen LogP contribution in [0.3, 0.4) is 0 Å². The third-order valence-electron chi connectivity index (χ3n) is 9.68. The zero-order chi connectivity index (χ0) is 32.2. The lowest BCUT2D eigenvalue weighted by molar-refractivity contribution is -0.384. The maximum atomic E-state index is 15.3. The van der Waals surface area contributed by atoms with Gasteiger partial charge in [-0.2, -0.15) is 0 Å². The van der Waals surface area contributed by atoms with E-state index in [0.717, 1.165) is 0 Å². The van der Waals surface area contributed by atoms with Crippen molar-refractivity contribution in [3.8, 4) is 0 Å². The molecule has 2 saturated carbocycles. The zero-order valence-electron chi connectivity index (χ0n) is 24.8. The second kappa shape index (κ2) is 13.0. The Labute approximate surface area is 254 Å². The predicted molar refractivity (Wildman–Crippen MR) is 162 cm³/mol. The molecule has 0 spiro atoms. The third-order valence-corrected chi connectivity index (χ3v) is 9.68. The lowest BCUT2D eigenvalue weighted by Gasteiger charge is -2.51. The largest absolute Gasteiger partial charge is 0.481 e. The number of ketones is 1. The Balaban J connectivity index is 1.95. The van der Waals surface area contributed by atoms with Crippen molar-refractivity contribution in [2.75, 3.05) is 24.7 Å². The molecule has 0 aromatic heterocycles. The minimum absolute atomic E-state index is 0.178. The van der Waals surface area contributed by atoms with Gasteiger partial charge < -0.3 is 20.8 Å². The summed E-state index contributed by atoms with van der Waals surface area (Å²) < 4.78 is 0. The van der Waals surface area contributed by atoms with E-state index in [4.69, 9.17) is 0 Å². The van der Waals surface area contributed by atoms with Crippen LogP contribution in [0.4, 0.5) is 22.7 Å². The number of carbonyl (C=O) groups excluding carboxylic acids is 1. The Hall–Kier alpha value is -4.55. The number of anilines is 2. The van der Waals surface area contributed by atoms with E-state index in [-0.39, 0.29) is 35.6 Å². The second-order valence-corrected chi connectivity index (χ2v) is 11.9. The lowest BCUT2D eigenvalue weighted by Crippen LogP contribution is -2.53. The highest BCUT2D eigenvalue weighted by atomic mass is 16.6. The van der Waals surface area contributed by atoms with Crippen molar-refractivity contribution in [1.29, 1.82) is 0 Å². The van der Waals surface area contributed by atoms with Crippen LogP contribution in [0.1, 0.15) is 87.2 Å². The van der Waals surface area contributed by atoms with Crippen LogP contribution in [-0.2, 0) is 14.4 Å². The van der Waals surface area contributed by atoms with Crippen LogP contribution in [0, 0.1) is 31.1 Å². The van der Waals surface area contributed by atoms with Gasteiger partial charge in [0.2, 0.25) is 0 Å². The molecule has 0 amide bonds. The van der Waals surface area contributed by atoms with Crippen molar-refractivity contribution in [3.05, 3.63) is 67.8 Å². The van der Waals surface area contributed by atoms with Gasteiger partial charge in [0, 0.05) is 37.1 Å². The first-order chi connectivity index (χ1) is 20.9. The number of carboxylic acid groups (broad SMARTS) is 2. The Morgan fingerprint density at radius 2 is 1.14 bits per heavy atom. The minimum atomic E-state index is -1.54. The average Bonchev–Trinajstić information content (AvgIpc) is 2.99. The first-order valence-corrected chi connectivity index (χ1v) is 14.8. The summed E-state index contributed by atoms with van der Waals surface area (Å²) in [6, 6.07) is 9.18. The topological polar surface area (TPSA) is 202 Å². The number of rotatable bonds is 12. The van der Waals surface area contributed by atoms with Gasteiger partial charge in [-0.05, 0) is 60.8 Å². The van der Waals surface area contributed by atoms with Crippen molar-refractivity contribution >= 4 is 40.5 Å². The third kappa shape index (κ3) is 5.95. The van der Waals surface area contributed by atoms with E-state index in [1.807, 2.05) is 0 Å². The number of benzene rings is 2. The van der Waals surface area contributed by atoms with Crippen molar-refractivity contribution in [3.63, 3.8) is 0 Å². The Kier molecular flexibility index (Phi) is 9.55. The molecule has 236 valence electrons. The summed E-state index contributed by atoms with van der Waals surface area (Å²) in [5.74, 6) is -4.35. The van der Waals surface area contributed by atoms with Crippen LogP contribution in [0.5, 0.6) is 0 Å². The standard InChI is InChI=1S/C31H38N4O9/c1-32-23-11-9-19(15-25(23)34(41)42)21-7-3-5-13-30(21,17-27(36)37)29(40)31(18-28(38)39)14-6-4-8-22(31)20-10-12-24(33-2)26(16-20)35(43)44/h9-12,15-16,21-22,32-33H,3-8,13-14,17-18H2,1-2H3,(H,36,37)(H,38,39). The fourth-order valence-electron chi connectivity index (χ4n) is 7.87. The number of nitro groups is 2. The first kappa shape index (κ1) is 32.4. The zero-order valence-corrected chi connectivity index (χ0v) is 24.8. The van der Waals surface area contributed by atoms with Crippen LogP contribution in [-0.4, -0.2) is 51.9 Å². The van der Waals surface area contributed by atoms with E-state index >= 15 is 4.79 Å². The molecule has 13 heteroatoms. The number of nitro benzene ring substituents is 2. The Morgan fingerprint density at radius 1 is 0.750 bits per heavy atom. The fraction of sp³-hybridized carbons (Fsp3) is 0.516. The van der Waals surface area contributed by atoms with Gasteiger partial charge >= 0.3 is 11.9 Å². The van der Waals surface area contributed by atoms with Gasteiger partial charge in [-0.1, -0.05) is 37.8 Å². The van der Waals surface area contributed by atoms with E-state index < -0.39 is 63.1 Å². The summed E-state index contributed by atoms with van der Waals surface area (Å²) in [6.07, 6.45) is 2.40. The molecule has 2 aliphatic rings. The molecule has 0 radical (unpaired) electrons. The Bertz CT molecular complexity index is 1370. The first-order valence-electron chi connectivity index (χ1n) is 14.8. The summed E-state index contributed by atoms with van der Waals surface area (Å²) in [5, 5.41) is 49.8. The van der Waals surface area contributed by atoms with Crippen LogP contribution < -0.4 is 10.6 Å². The molecule has 0 aliphatic heterocycles. The van der Waals surface area contributed by atoms with Crippen molar-refractivity contribution in [1.82, 2.24) is 0 Å². The molecule has 0 saturated heterocycles. The quantitative estimate of drug-likeness (QED) is 0.160. The highest BCUT2D eigenvalue weighted by Gasteiger charge is 2.59. The van der Waals surface area contributed by atoms with E-state index in [2.05, 4.69) is 10.6 Å². The SMILES string of the molecule is CNc1ccc(C2CCCCC2(CC(=O)O)C(=O)C2(CC(=O)O)CCCCC2c2ccc(NC)c([N+](=O)[O-])c2)cc1[N+](=O)[O-]. The smallest absolute Gasteiger partial charge is 0.304 e. The number of nitrogens with zero attached hydrogens (tertiary/aromatic N) is 2. The highest BCUT2D eigenvalue weighted by molar-refractivity contribution is 5.97. The molecule has 13 nitrogen and oxygen atoms in total. The van der Waals surface area contributed by atoms with Gasteiger partial charge in [-0.3, -0.25) is 34.6 Å². The van der Waals surface area contributed by atoms with E-state index in [1.165, 1.54) is 24.3 Å². The van der Waals surface area contributed by atoms with Gasteiger partial charge in [0.05, 0.1) is 22.7 Å². The maximum absolute atomic E-state index is 15.3. The van der Waals surface area contributed by atoms with E-state index in [0.29, 0.717) is 49.7 Å². The molecule has 0 heterocycles. The normalized spacial score (nSPS) is 25.0. The molecule has 4 unspecified atom stereocenters. The average molecular weight is 611 g/mol. The van der Waals surface area contributed by atoms with Crippen molar-refractivity contribution in [2.24, 2.45) is 10.8 Å². The molecule has 0 bridgehead atoms. The molecular weight excluding hydrogens is 572 g/mol. The molecule has 4 rings (SSSR count). The summed E-state index contributed by atoms with van der Waals surface area (Å²) in [5.41, 5.74) is -2.05. The van der Waals surface area contributed by atoms with Crippen LogP contribution >= 0.6 is 0 Å². The predicted octanol–water partition coefficient (Wildman–Crippen LogP) is 6.09. The molecule has 4 N–H and O–H groups in total.